The third kappa shape index (κ3) is 6.35. The highest BCUT2D eigenvalue weighted by molar-refractivity contribution is 6.31. The first-order valence-electron chi connectivity index (χ1n) is 7.31. The number of benzene rings is 1. The van der Waals surface area contributed by atoms with Crippen LogP contribution in [0.25, 0.3) is 0 Å². The van der Waals surface area contributed by atoms with Crippen LogP contribution in [0, 0.1) is 5.92 Å². The van der Waals surface area contributed by atoms with Crippen molar-refractivity contribution in [3.8, 4) is 5.75 Å². The van der Waals surface area contributed by atoms with Gasteiger partial charge in [-0.2, -0.15) is 0 Å². The van der Waals surface area contributed by atoms with Gasteiger partial charge in [0.2, 0.25) is 0 Å². The van der Waals surface area contributed by atoms with E-state index in [2.05, 4.69) is 19.2 Å². The second-order valence-corrected chi connectivity index (χ2v) is 6.17. The van der Waals surface area contributed by atoms with Crippen LogP contribution in [-0.4, -0.2) is 24.5 Å². The molecule has 1 aromatic carbocycles. The molecule has 122 valence electrons. The molecule has 0 saturated carbocycles. The van der Waals surface area contributed by atoms with Crippen molar-refractivity contribution in [3.05, 3.63) is 28.8 Å². The topological polar surface area (TPSA) is 81.4 Å². The molecule has 1 atom stereocenters. The summed E-state index contributed by atoms with van der Waals surface area (Å²) < 4.78 is 5.37. The molecule has 0 aromatic heterocycles. The van der Waals surface area contributed by atoms with Gasteiger partial charge in [-0.15, -0.1) is 0 Å². The number of halogens is 1. The van der Waals surface area contributed by atoms with Gasteiger partial charge in [-0.05, 0) is 43.9 Å². The fourth-order valence-corrected chi connectivity index (χ4v) is 2.11. The monoisotopic (exact) mass is 326 g/mol. The van der Waals surface area contributed by atoms with E-state index in [9.17, 15) is 9.59 Å². The first-order valence-corrected chi connectivity index (χ1v) is 7.69. The number of amides is 2. The van der Waals surface area contributed by atoms with Crippen LogP contribution in [-0.2, 0) is 4.79 Å². The van der Waals surface area contributed by atoms with Crippen molar-refractivity contribution < 1.29 is 14.3 Å². The maximum absolute atomic E-state index is 11.8. The Hall–Kier alpha value is -1.75. The summed E-state index contributed by atoms with van der Waals surface area (Å²) in [5.41, 5.74) is 5.42. The Bertz CT molecular complexity index is 532. The molecule has 22 heavy (non-hydrogen) atoms. The van der Waals surface area contributed by atoms with E-state index in [0.29, 0.717) is 10.9 Å². The first-order chi connectivity index (χ1) is 10.3. The molecular weight excluding hydrogens is 304 g/mol. The minimum absolute atomic E-state index is 0.0827. The standard InChI is InChI=1S/C16H23ClN2O3/c1-10(2)4-5-11(3)19-15(20)9-22-14-7-6-12(17)8-13(14)16(18)21/h6-8,10-11H,4-5,9H2,1-3H3,(H2,18,21)(H,19,20)/t11-/m1/s1. The molecule has 0 radical (unpaired) electrons. The fraction of sp³-hybridized carbons (Fsp3) is 0.500. The van der Waals surface area contributed by atoms with Crippen LogP contribution >= 0.6 is 11.6 Å². The third-order valence-corrected chi connectivity index (χ3v) is 3.39. The normalized spacial score (nSPS) is 12.0. The zero-order valence-corrected chi connectivity index (χ0v) is 13.9. The van der Waals surface area contributed by atoms with Gasteiger partial charge in [0, 0.05) is 11.1 Å². The van der Waals surface area contributed by atoms with E-state index in [1.807, 2.05) is 6.92 Å². The molecule has 0 spiro atoms. The van der Waals surface area contributed by atoms with E-state index >= 15 is 0 Å². The molecule has 0 heterocycles. The second-order valence-electron chi connectivity index (χ2n) is 5.73. The minimum Gasteiger partial charge on any atom is -0.483 e. The molecule has 0 aliphatic carbocycles. The number of ether oxygens (including phenoxy) is 1. The summed E-state index contributed by atoms with van der Waals surface area (Å²) in [6.07, 6.45) is 1.96. The quantitative estimate of drug-likeness (QED) is 0.770. The zero-order chi connectivity index (χ0) is 16.7. The van der Waals surface area contributed by atoms with E-state index in [1.54, 1.807) is 6.07 Å². The van der Waals surface area contributed by atoms with Crippen molar-refractivity contribution in [3.63, 3.8) is 0 Å². The molecule has 0 saturated heterocycles. The van der Waals surface area contributed by atoms with Gasteiger partial charge in [-0.3, -0.25) is 9.59 Å². The fourth-order valence-electron chi connectivity index (χ4n) is 1.94. The predicted molar refractivity (Wildman–Crippen MR) is 87.1 cm³/mol. The molecule has 0 unspecified atom stereocenters. The van der Waals surface area contributed by atoms with Gasteiger partial charge >= 0.3 is 0 Å². The van der Waals surface area contributed by atoms with Crippen molar-refractivity contribution >= 4 is 23.4 Å². The zero-order valence-electron chi connectivity index (χ0n) is 13.2. The maximum atomic E-state index is 11.8. The Morgan fingerprint density at radius 1 is 1.27 bits per heavy atom. The van der Waals surface area contributed by atoms with Crippen LogP contribution in [0.3, 0.4) is 0 Å². The summed E-state index contributed by atoms with van der Waals surface area (Å²) >= 11 is 5.81. The molecule has 6 heteroatoms. The molecule has 0 bridgehead atoms. The largest absolute Gasteiger partial charge is 0.483 e. The van der Waals surface area contributed by atoms with Gasteiger partial charge in [0.25, 0.3) is 11.8 Å². The third-order valence-electron chi connectivity index (χ3n) is 3.15. The summed E-state index contributed by atoms with van der Waals surface area (Å²) in [6.45, 7) is 6.07. The van der Waals surface area contributed by atoms with Crippen LogP contribution in [0.2, 0.25) is 5.02 Å². The summed E-state index contributed by atoms with van der Waals surface area (Å²) in [6, 6.07) is 4.60. The number of rotatable bonds is 8. The molecule has 2 amide bonds. The van der Waals surface area contributed by atoms with Crippen molar-refractivity contribution in [1.82, 2.24) is 5.32 Å². The van der Waals surface area contributed by atoms with Crippen LogP contribution in [0.1, 0.15) is 44.0 Å². The number of carbonyl (C=O) groups excluding carboxylic acids is 2. The van der Waals surface area contributed by atoms with Crippen LogP contribution in [0.5, 0.6) is 5.75 Å². The van der Waals surface area contributed by atoms with E-state index in [4.69, 9.17) is 22.1 Å². The van der Waals surface area contributed by atoms with Crippen LogP contribution in [0.15, 0.2) is 18.2 Å². The molecule has 5 nitrogen and oxygen atoms in total. The van der Waals surface area contributed by atoms with Gasteiger partial charge in [0.15, 0.2) is 6.61 Å². The van der Waals surface area contributed by atoms with E-state index in [0.717, 1.165) is 12.8 Å². The Kier molecular flexibility index (Phi) is 7.18. The number of primary amides is 1. The summed E-state index contributed by atoms with van der Waals surface area (Å²) in [5, 5.41) is 3.24. The molecule has 1 rings (SSSR count). The van der Waals surface area contributed by atoms with Crippen molar-refractivity contribution in [2.45, 2.75) is 39.7 Å². The predicted octanol–water partition coefficient (Wildman–Crippen LogP) is 2.76. The number of nitrogens with one attached hydrogen (secondary N) is 1. The molecule has 3 N–H and O–H groups in total. The Morgan fingerprint density at radius 2 is 1.95 bits per heavy atom. The number of carbonyl (C=O) groups is 2. The van der Waals surface area contributed by atoms with Gasteiger partial charge < -0.3 is 15.8 Å². The smallest absolute Gasteiger partial charge is 0.258 e. The van der Waals surface area contributed by atoms with Gasteiger partial charge in [-0.1, -0.05) is 25.4 Å². The summed E-state index contributed by atoms with van der Waals surface area (Å²) in [5.74, 6) is -0.0329. The Balaban J connectivity index is 2.52. The highest BCUT2D eigenvalue weighted by atomic mass is 35.5. The maximum Gasteiger partial charge on any atom is 0.258 e. The molecular formula is C16H23ClN2O3. The Labute approximate surface area is 136 Å². The van der Waals surface area contributed by atoms with Gasteiger partial charge in [-0.25, -0.2) is 0 Å². The number of hydrogen-bond donors (Lipinski definition) is 2. The van der Waals surface area contributed by atoms with E-state index in [1.165, 1.54) is 12.1 Å². The lowest BCUT2D eigenvalue weighted by molar-refractivity contribution is -0.123. The highest BCUT2D eigenvalue weighted by Crippen LogP contribution is 2.22. The van der Waals surface area contributed by atoms with Crippen LogP contribution in [0.4, 0.5) is 0 Å². The highest BCUT2D eigenvalue weighted by Gasteiger charge is 2.13. The van der Waals surface area contributed by atoms with Crippen LogP contribution < -0.4 is 15.8 Å². The molecule has 1 aromatic rings. The number of hydrogen-bond acceptors (Lipinski definition) is 3. The molecule has 0 fully saturated rings. The second kappa shape index (κ2) is 8.63. The summed E-state index contributed by atoms with van der Waals surface area (Å²) in [7, 11) is 0. The Morgan fingerprint density at radius 3 is 2.55 bits per heavy atom. The number of nitrogens with two attached hydrogens (primary N) is 1. The summed E-state index contributed by atoms with van der Waals surface area (Å²) in [4.78, 5) is 23.2. The van der Waals surface area contributed by atoms with E-state index in [-0.39, 0.29) is 29.9 Å². The van der Waals surface area contributed by atoms with Crippen molar-refractivity contribution in [1.29, 1.82) is 0 Å². The SMILES string of the molecule is CC(C)CC[C@@H](C)NC(=O)COc1ccc(Cl)cc1C(N)=O. The molecule has 0 aliphatic heterocycles. The lowest BCUT2D eigenvalue weighted by Crippen LogP contribution is -2.36. The van der Waals surface area contributed by atoms with E-state index < -0.39 is 5.91 Å². The average Bonchev–Trinajstić information content (AvgIpc) is 2.43. The van der Waals surface area contributed by atoms with Gasteiger partial charge in [0.05, 0.1) is 5.56 Å². The minimum atomic E-state index is -0.650. The molecule has 0 aliphatic rings. The average molecular weight is 327 g/mol. The van der Waals surface area contributed by atoms with Gasteiger partial charge in [0.1, 0.15) is 5.75 Å². The van der Waals surface area contributed by atoms with Crippen molar-refractivity contribution in [2.75, 3.05) is 6.61 Å². The van der Waals surface area contributed by atoms with Crippen molar-refractivity contribution in [2.24, 2.45) is 11.7 Å². The lowest BCUT2D eigenvalue weighted by Gasteiger charge is -2.16. The lowest BCUT2D eigenvalue weighted by atomic mass is 10.0. The first kappa shape index (κ1) is 18.3.